The summed E-state index contributed by atoms with van der Waals surface area (Å²) in [5, 5.41) is 0.558. The van der Waals surface area contributed by atoms with E-state index in [0.717, 1.165) is 0 Å². The van der Waals surface area contributed by atoms with Gasteiger partial charge in [-0.25, -0.2) is 0 Å². The van der Waals surface area contributed by atoms with E-state index in [1.54, 1.807) is 0 Å². The Kier molecular flexibility index (Phi) is 9.71. The van der Waals surface area contributed by atoms with Gasteiger partial charge in [-0.1, -0.05) is 65.0 Å². The predicted molar refractivity (Wildman–Crippen MR) is 59.7 cm³/mol. The van der Waals surface area contributed by atoms with E-state index in [-0.39, 0.29) is 0 Å². The molecule has 0 spiro atoms. The molecule has 0 fully saturated rings. The van der Waals surface area contributed by atoms with Crippen molar-refractivity contribution in [2.24, 2.45) is 0 Å². The molecule has 1 radical (unpaired) electrons. The normalized spacial score (nSPS) is 11.0. The molecule has 0 bridgehead atoms. The number of hydrogen-bond acceptors (Lipinski definition) is 0. The average Bonchev–Trinajstić information content (AvgIpc) is 2.06. The average molecular weight is 187 g/mol. The molecule has 0 atom stereocenters. The molecule has 1 heteroatoms. The van der Waals surface area contributed by atoms with Crippen LogP contribution in [0.15, 0.2) is 0 Å². The standard InChI is InChI=1S/C11H23S/c1-3-5-7-9-11(12)10-8-6-4-2/h11H,3-10H2,1-2H3. The van der Waals surface area contributed by atoms with Crippen LogP contribution in [0.4, 0.5) is 0 Å². The van der Waals surface area contributed by atoms with Crippen molar-refractivity contribution in [1.82, 2.24) is 0 Å². The summed E-state index contributed by atoms with van der Waals surface area (Å²) in [6.45, 7) is 4.49. The smallest absolute Gasteiger partial charge is 0.0151 e. The second-order valence-corrected chi connectivity index (χ2v) is 4.28. The molecular formula is C11H23S. The van der Waals surface area contributed by atoms with Gasteiger partial charge < -0.3 is 0 Å². The molecule has 0 rings (SSSR count). The number of rotatable bonds is 8. The molecule has 0 aliphatic carbocycles. The predicted octanol–water partition coefficient (Wildman–Crippen LogP) is 4.71. The van der Waals surface area contributed by atoms with Crippen LogP contribution in [0.25, 0.3) is 0 Å². The fraction of sp³-hybridized carbons (Fsp3) is 1.00. The molecule has 12 heavy (non-hydrogen) atoms. The molecule has 0 saturated carbocycles. The summed E-state index contributed by atoms with van der Waals surface area (Å²) in [6.07, 6.45) is 10.6. The van der Waals surface area contributed by atoms with Crippen molar-refractivity contribution in [2.45, 2.75) is 70.5 Å². The molecule has 0 amide bonds. The Morgan fingerprint density at radius 1 is 0.833 bits per heavy atom. The van der Waals surface area contributed by atoms with Gasteiger partial charge in [0.1, 0.15) is 0 Å². The lowest BCUT2D eigenvalue weighted by Gasteiger charge is -2.07. The van der Waals surface area contributed by atoms with Gasteiger partial charge in [0.2, 0.25) is 0 Å². The van der Waals surface area contributed by atoms with Crippen molar-refractivity contribution in [1.29, 1.82) is 0 Å². The van der Waals surface area contributed by atoms with Gasteiger partial charge in [0.15, 0.2) is 0 Å². The first-order valence-electron chi connectivity index (χ1n) is 5.47. The van der Waals surface area contributed by atoms with Gasteiger partial charge >= 0.3 is 0 Å². The summed E-state index contributed by atoms with van der Waals surface area (Å²) in [7, 11) is 0. The van der Waals surface area contributed by atoms with Gasteiger partial charge in [-0.05, 0) is 12.8 Å². The van der Waals surface area contributed by atoms with Crippen molar-refractivity contribution in [3.63, 3.8) is 0 Å². The third-order valence-electron chi connectivity index (χ3n) is 2.26. The highest BCUT2D eigenvalue weighted by molar-refractivity contribution is 7.80. The Morgan fingerprint density at radius 3 is 1.58 bits per heavy atom. The van der Waals surface area contributed by atoms with Crippen molar-refractivity contribution in [3.8, 4) is 0 Å². The maximum absolute atomic E-state index is 5.36. The molecular weight excluding hydrogens is 164 g/mol. The van der Waals surface area contributed by atoms with Crippen molar-refractivity contribution < 1.29 is 0 Å². The minimum atomic E-state index is 0.558. The van der Waals surface area contributed by atoms with Gasteiger partial charge in [0, 0.05) is 5.25 Å². The van der Waals surface area contributed by atoms with Crippen LogP contribution >= 0.6 is 12.6 Å². The first-order valence-corrected chi connectivity index (χ1v) is 5.94. The van der Waals surface area contributed by atoms with E-state index in [1.807, 2.05) is 0 Å². The van der Waals surface area contributed by atoms with Crippen LogP contribution in [-0.4, -0.2) is 5.25 Å². The Hall–Kier alpha value is 0.350. The number of hydrogen-bond donors (Lipinski definition) is 0. The highest BCUT2D eigenvalue weighted by atomic mass is 32.1. The van der Waals surface area contributed by atoms with E-state index in [9.17, 15) is 0 Å². The maximum atomic E-state index is 5.36. The Morgan fingerprint density at radius 2 is 1.25 bits per heavy atom. The van der Waals surface area contributed by atoms with E-state index in [4.69, 9.17) is 12.6 Å². The van der Waals surface area contributed by atoms with Gasteiger partial charge in [-0.15, -0.1) is 0 Å². The van der Waals surface area contributed by atoms with Crippen LogP contribution in [0.2, 0.25) is 0 Å². The van der Waals surface area contributed by atoms with Crippen molar-refractivity contribution in [2.75, 3.05) is 0 Å². The first-order chi connectivity index (χ1) is 5.81. The van der Waals surface area contributed by atoms with Crippen molar-refractivity contribution >= 4 is 12.6 Å². The molecule has 0 aromatic heterocycles. The van der Waals surface area contributed by atoms with Crippen LogP contribution in [0.5, 0.6) is 0 Å². The quantitative estimate of drug-likeness (QED) is 0.483. The zero-order valence-corrected chi connectivity index (χ0v) is 9.46. The molecule has 0 nitrogen and oxygen atoms in total. The summed E-state index contributed by atoms with van der Waals surface area (Å²) in [5.74, 6) is 0. The van der Waals surface area contributed by atoms with Gasteiger partial charge in [0.05, 0.1) is 0 Å². The second-order valence-electron chi connectivity index (χ2n) is 3.61. The van der Waals surface area contributed by atoms with E-state index < -0.39 is 0 Å². The summed E-state index contributed by atoms with van der Waals surface area (Å²) >= 11 is 5.36. The van der Waals surface area contributed by atoms with Gasteiger partial charge in [-0.3, -0.25) is 0 Å². The third-order valence-corrected chi connectivity index (χ3v) is 2.73. The fourth-order valence-corrected chi connectivity index (χ4v) is 1.72. The van der Waals surface area contributed by atoms with Gasteiger partial charge in [-0.2, -0.15) is 0 Å². The summed E-state index contributed by atoms with van der Waals surface area (Å²) in [5.41, 5.74) is 0. The topological polar surface area (TPSA) is 0 Å². The summed E-state index contributed by atoms with van der Waals surface area (Å²) in [4.78, 5) is 0. The SMILES string of the molecule is CCCCCC([S])CCCCC. The van der Waals surface area contributed by atoms with Crippen LogP contribution in [0.1, 0.15) is 65.2 Å². The van der Waals surface area contributed by atoms with E-state index >= 15 is 0 Å². The number of unbranched alkanes of at least 4 members (excludes halogenated alkanes) is 4. The van der Waals surface area contributed by atoms with Crippen LogP contribution in [0.3, 0.4) is 0 Å². The largest absolute Gasteiger partial charge is 0.0904 e. The van der Waals surface area contributed by atoms with E-state index in [0.29, 0.717) is 5.25 Å². The van der Waals surface area contributed by atoms with Crippen LogP contribution in [0, 0.1) is 0 Å². The lowest BCUT2D eigenvalue weighted by molar-refractivity contribution is 0.586. The monoisotopic (exact) mass is 187 g/mol. The zero-order valence-electron chi connectivity index (χ0n) is 8.64. The Balaban J connectivity index is 3.04. The molecule has 0 aliphatic heterocycles. The van der Waals surface area contributed by atoms with Crippen LogP contribution < -0.4 is 0 Å². The Labute approximate surface area is 83.5 Å². The molecule has 0 aromatic rings. The third kappa shape index (κ3) is 8.45. The summed E-state index contributed by atoms with van der Waals surface area (Å²) < 4.78 is 0. The maximum Gasteiger partial charge on any atom is 0.0151 e. The molecule has 0 aliphatic rings. The fourth-order valence-electron chi connectivity index (χ4n) is 1.39. The minimum absolute atomic E-state index is 0.558. The summed E-state index contributed by atoms with van der Waals surface area (Å²) in [6, 6.07) is 0. The van der Waals surface area contributed by atoms with Crippen molar-refractivity contribution in [3.05, 3.63) is 0 Å². The molecule has 0 heterocycles. The molecule has 0 saturated heterocycles. The molecule has 0 N–H and O–H groups in total. The lowest BCUT2D eigenvalue weighted by atomic mass is 10.1. The minimum Gasteiger partial charge on any atom is -0.0904 e. The van der Waals surface area contributed by atoms with E-state index in [2.05, 4.69) is 13.8 Å². The van der Waals surface area contributed by atoms with Crippen LogP contribution in [-0.2, 0) is 0 Å². The zero-order chi connectivity index (χ0) is 9.23. The first kappa shape index (κ1) is 12.3. The second kappa shape index (κ2) is 9.44. The van der Waals surface area contributed by atoms with E-state index in [1.165, 1.54) is 51.4 Å². The van der Waals surface area contributed by atoms with Gasteiger partial charge in [0.25, 0.3) is 0 Å². The highest BCUT2D eigenvalue weighted by Gasteiger charge is 2.02. The molecule has 73 valence electrons. The lowest BCUT2D eigenvalue weighted by Crippen LogP contribution is -1.98. The Bertz CT molecular complexity index is 71.1. The molecule has 0 aromatic carbocycles. The molecule has 0 unspecified atom stereocenters. The highest BCUT2D eigenvalue weighted by Crippen LogP contribution is 2.15.